The van der Waals surface area contributed by atoms with Gasteiger partial charge in [-0.3, -0.25) is 9.59 Å². The van der Waals surface area contributed by atoms with Crippen molar-refractivity contribution in [3.63, 3.8) is 0 Å². The fraction of sp³-hybridized carbons (Fsp3) is 0.238. The van der Waals surface area contributed by atoms with Gasteiger partial charge in [0.1, 0.15) is 0 Å². The summed E-state index contributed by atoms with van der Waals surface area (Å²) >= 11 is 0. The molecular weight excluding hydrogens is 298 g/mol. The highest BCUT2D eigenvalue weighted by molar-refractivity contribution is 6.02. The van der Waals surface area contributed by atoms with E-state index in [4.69, 9.17) is 0 Å². The fourth-order valence-corrected chi connectivity index (χ4v) is 3.89. The van der Waals surface area contributed by atoms with Crippen LogP contribution in [0.15, 0.2) is 71.9 Å². The fourth-order valence-electron chi connectivity index (χ4n) is 3.89. The lowest BCUT2D eigenvalue weighted by Gasteiger charge is -2.34. The van der Waals surface area contributed by atoms with Gasteiger partial charge in [0.2, 0.25) is 5.91 Å². The number of Topliss-reactive ketones (excluding diaryl/α,β-unsaturated/α-hetero) is 1. The van der Waals surface area contributed by atoms with E-state index in [9.17, 15) is 9.59 Å². The van der Waals surface area contributed by atoms with Crippen LogP contribution in [0.1, 0.15) is 42.2 Å². The highest BCUT2D eigenvalue weighted by Crippen LogP contribution is 2.42. The van der Waals surface area contributed by atoms with Crippen molar-refractivity contribution in [3.05, 3.63) is 83.1 Å². The van der Waals surface area contributed by atoms with Crippen LogP contribution in [-0.2, 0) is 9.59 Å². The summed E-state index contributed by atoms with van der Waals surface area (Å²) < 4.78 is 0. The van der Waals surface area contributed by atoms with Gasteiger partial charge < -0.3 is 5.32 Å². The molecule has 2 atom stereocenters. The van der Waals surface area contributed by atoms with E-state index >= 15 is 0 Å². The van der Waals surface area contributed by atoms with Gasteiger partial charge in [-0.15, -0.1) is 0 Å². The number of ketones is 1. The number of nitrogens with one attached hydrogen (secondary N) is 1. The van der Waals surface area contributed by atoms with Crippen LogP contribution in [-0.4, -0.2) is 11.7 Å². The van der Waals surface area contributed by atoms with E-state index in [1.54, 1.807) is 0 Å². The molecule has 2 aromatic carbocycles. The molecule has 0 saturated heterocycles. The summed E-state index contributed by atoms with van der Waals surface area (Å²) in [5.74, 6) is 0.203. The Balaban J connectivity index is 1.72. The van der Waals surface area contributed by atoms with Crippen LogP contribution < -0.4 is 5.32 Å². The van der Waals surface area contributed by atoms with E-state index in [1.165, 1.54) is 0 Å². The maximum atomic E-state index is 12.9. The van der Waals surface area contributed by atoms with Crippen molar-refractivity contribution in [1.82, 2.24) is 5.32 Å². The molecular formula is C21H19NO2. The first kappa shape index (κ1) is 14.9. The van der Waals surface area contributed by atoms with Gasteiger partial charge >= 0.3 is 0 Å². The standard InChI is InChI=1S/C21H19NO2/c23-19-12-16(14-7-3-1-4-8-14)11-18-21(19)17(13-20(24)22-18)15-9-5-2-6-10-15/h1-10,16-17H,11-13H2,(H,22,24)/t16-,17+/m0/s1. The second-order valence-corrected chi connectivity index (χ2v) is 6.55. The second-order valence-electron chi connectivity index (χ2n) is 6.55. The zero-order valence-electron chi connectivity index (χ0n) is 13.4. The molecule has 2 aromatic rings. The number of carbonyl (C=O) groups excluding carboxylic acids is 2. The third kappa shape index (κ3) is 2.67. The predicted octanol–water partition coefficient (Wildman–Crippen LogP) is 3.69. The number of hydrogen-bond acceptors (Lipinski definition) is 2. The molecule has 1 aliphatic heterocycles. The molecule has 0 fully saturated rings. The second kappa shape index (κ2) is 6.08. The largest absolute Gasteiger partial charge is 0.329 e. The van der Waals surface area contributed by atoms with E-state index in [0.29, 0.717) is 12.8 Å². The Morgan fingerprint density at radius 3 is 2.04 bits per heavy atom. The van der Waals surface area contributed by atoms with Crippen LogP contribution in [0.2, 0.25) is 0 Å². The minimum Gasteiger partial charge on any atom is -0.329 e. The minimum atomic E-state index is -0.112. The Morgan fingerprint density at radius 1 is 0.750 bits per heavy atom. The van der Waals surface area contributed by atoms with Gasteiger partial charge in [0.15, 0.2) is 5.78 Å². The van der Waals surface area contributed by atoms with Crippen LogP contribution in [0.3, 0.4) is 0 Å². The summed E-state index contributed by atoms with van der Waals surface area (Å²) in [7, 11) is 0. The number of rotatable bonds is 2. The molecule has 3 heteroatoms. The van der Waals surface area contributed by atoms with E-state index in [2.05, 4.69) is 17.4 Å². The van der Waals surface area contributed by atoms with Crippen molar-refractivity contribution in [2.24, 2.45) is 0 Å². The van der Waals surface area contributed by atoms with Crippen molar-refractivity contribution in [3.8, 4) is 0 Å². The smallest absolute Gasteiger partial charge is 0.225 e. The Bertz CT molecular complexity index is 808. The lowest BCUT2D eigenvalue weighted by atomic mass is 9.73. The zero-order chi connectivity index (χ0) is 16.5. The molecule has 0 spiro atoms. The highest BCUT2D eigenvalue weighted by atomic mass is 16.2. The molecule has 0 saturated carbocycles. The molecule has 3 nitrogen and oxygen atoms in total. The molecule has 1 amide bonds. The molecule has 4 rings (SSSR count). The maximum absolute atomic E-state index is 12.9. The lowest BCUT2D eigenvalue weighted by molar-refractivity contribution is -0.122. The quantitative estimate of drug-likeness (QED) is 0.918. The monoisotopic (exact) mass is 317 g/mol. The summed E-state index contributed by atoms with van der Waals surface area (Å²) in [5, 5.41) is 2.97. The van der Waals surface area contributed by atoms with Crippen molar-refractivity contribution in [2.75, 3.05) is 0 Å². The van der Waals surface area contributed by atoms with Crippen LogP contribution in [0.4, 0.5) is 0 Å². The average molecular weight is 317 g/mol. The van der Waals surface area contributed by atoms with Gasteiger partial charge in [0.05, 0.1) is 0 Å². The Kier molecular flexibility index (Phi) is 3.77. The number of carbonyl (C=O) groups is 2. The molecule has 0 aromatic heterocycles. The van der Waals surface area contributed by atoms with Crippen LogP contribution in [0.25, 0.3) is 0 Å². The maximum Gasteiger partial charge on any atom is 0.225 e. The summed E-state index contributed by atoms with van der Waals surface area (Å²) in [6.07, 6.45) is 1.59. The summed E-state index contributed by atoms with van der Waals surface area (Å²) in [6.45, 7) is 0. The van der Waals surface area contributed by atoms with E-state index in [1.807, 2.05) is 48.5 Å². The number of benzene rings is 2. The topological polar surface area (TPSA) is 46.2 Å². The Labute approximate surface area is 141 Å². The highest BCUT2D eigenvalue weighted by Gasteiger charge is 2.37. The third-order valence-electron chi connectivity index (χ3n) is 5.01. The van der Waals surface area contributed by atoms with Gasteiger partial charge in [0, 0.05) is 30.0 Å². The lowest BCUT2D eigenvalue weighted by Crippen LogP contribution is -2.38. The number of amides is 1. The van der Waals surface area contributed by atoms with E-state index in [0.717, 1.165) is 28.8 Å². The van der Waals surface area contributed by atoms with Crippen molar-refractivity contribution in [2.45, 2.75) is 31.1 Å². The minimum absolute atomic E-state index is 0.00381. The molecule has 1 heterocycles. The molecule has 1 aliphatic carbocycles. The number of hydrogen-bond donors (Lipinski definition) is 1. The first-order chi connectivity index (χ1) is 11.7. The molecule has 2 aliphatic rings. The van der Waals surface area contributed by atoms with Gasteiger partial charge in [-0.05, 0) is 23.5 Å². The molecule has 24 heavy (non-hydrogen) atoms. The van der Waals surface area contributed by atoms with Gasteiger partial charge in [-0.1, -0.05) is 60.7 Å². The van der Waals surface area contributed by atoms with Crippen LogP contribution in [0.5, 0.6) is 0 Å². The molecule has 1 N–H and O–H groups in total. The van der Waals surface area contributed by atoms with Crippen LogP contribution in [0, 0.1) is 0 Å². The van der Waals surface area contributed by atoms with Crippen molar-refractivity contribution in [1.29, 1.82) is 0 Å². The molecule has 120 valence electrons. The summed E-state index contributed by atoms with van der Waals surface area (Å²) in [4.78, 5) is 25.1. The normalized spacial score (nSPS) is 23.7. The van der Waals surface area contributed by atoms with E-state index < -0.39 is 0 Å². The van der Waals surface area contributed by atoms with Crippen molar-refractivity contribution >= 4 is 11.7 Å². The average Bonchev–Trinajstić information content (AvgIpc) is 2.62. The third-order valence-corrected chi connectivity index (χ3v) is 5.01. The van der Waals surface area contributed by atoms with E-state index in [-0.39, 0.29) is 23.5 Å². The summed E-state index contributed by atoms with van der Waals surface area (Å²) in [6, 6.07) is 20.0. The molecule has 0 bridgehead atoms. The zero-order valence-corrected chi connectivity index (χ0v) is 13.4. The van der Waals surface area contributed by atoms with Gasteiger partial charge in [0.25, 0.3) is 0 Å². The first-order valence-corrected chi connectivity index (χ1v) is 8.38. The summed E-state index contributed by atoms with van der Waals surface area (Å²) in [5.41, 5.74) is 3.85. The first-order valence-electron chi connectivity index (χ1n) is 8.38. The SMILES string of the molecule is O=C1C[C@H](c2ccccc2)C2=C(C[C@H](c3ccccc3)CC2=O)N1. The van der Waals surface area contributed by atoms with Crippen LogP contribution >= 0.6 is 0 Å². The molecule has 0 radical (unpaired) electrons. The Hall–Kier alpha value is -2.68. The number of allylic oxidation sites excluding steroid dienone is 2. The van der Waals surface area contributed by atoms with Gasteiger partial charge in [-0.25, -0.2) is 0 Å². The predicted molar refractivity (Wildman–Crippen MR) is 92.4 cm³/mol. The molecule has 0 unspecified atom stereocenters. The van der Waals surface area contributed by atoms with Gasteiger partial charge in [-0.2, -0.15) is 0 Å². The Morgan fingerprint density at radius 2 is 1.38 bits per heavy atom. The van der Waals surface area contributed by atoms with Crippen molar-refractivity contribution < 1.29 is 9.59 Å².